The van der Waals surface area contributed by atoms with Gasteiger partial charge in [0, 0.05) is 19.1 Å². The van der Waals surface area contributed by atoms with Gasteiger partial charge in [-0.05, 0) is 32.3 Å². The highest BCUT2D eigenvalue weighted by Gasteiger charge is 2.23. The van der Waals surface area contributed by atoms with Gasteiger partial charge in [-0.25, -0.2) is 14.8 Å². The fourth-order valence-electron chi connectivity index (χ4n) is 3.09. The minimum absolute atomic E-state index is 0.250. The number of thiophene rings is 1. The molecule has 0 aliphatic carbocycles. The van der Waals surface area contributed by atoms with E-state index in [0.29, 0.717) is 23.9 Å². The Kier molecular flexibility index (Phi) is 6.85. The molecule has 0 spiro atoms. The van der Waals surface area contributed by atoms with Crippen LogP contribution in [0.15, 0.2) is 0 Å². The summed E-state index contributed by atoms with van der Waals surface area (Å²) in [7, 11) is 0. The number of aryl methyl sites for hydroxylation is 1. The molecule has 8 heteroatoms. The van der Waals surface area contributed by atoms with Crippen LogP contribution in [0, 0.1) is 12.8 Å². The van der Waals surface area contributed by atoms with Crippen LogP contribution in [0.5, 0.6) is 0 Å². The summed E-state index contributed by atoms with van der Waals surface area (Å²) in [5, 5.41) is 4.47. The first-order valence-corrected chi connectivity index (χ1v) is 10.8. The van der Waals surface area contributed by atoms with E-state index < -0.39 is 0 Å². The number of fused-ring (bicyclic) bond motifs is 1. The van der Waals surface area contributed by atoms with Crippen LogP contribution in [0.4, 0.5) is 5.82 Å². The van der Waals surface area contributed by atoms with Gasteiger partial charge in [0.25, 0.3) is 0 Å². The second-order valence-electron chi connectivity index (χ2n) is 7.51. The van der Waals surface area contributed by atoms with Crippen LogP contribution in [0.25, 0.3) is 10.2 Å². The zero-order valence-corrected chi connectivity index (χ0v) is 18.2. The van der Waals surface area contributed by atoms with Crippen molar-refractivity contribution in [2.24, 2.45) is 5.92 Å². The molecule has 28 heavy (non-hydrogen) atoms. The molecule has 0 bridgehead atoms. The standard InChI is InChI=1S/C20H30N4O3S/c1-6-27-20(25)17-13(4)16-18(21-14(5)12(2)3)22-15(23-19(16)28-17)11-24-7-9-26-10-8-24/h12,14H,6-11H2,1-5H3,(H,21,22,23)/t14-/m1/s1. The number of morpholine rings is 1. The number of nitrogens with zero attached hydrogens (tertiary/aromatic N) is 3. The number of hydrogen-bond donors (Lipinski definition) is 1. The van der Waals surface area contributed by atoms with Crippen LogP contribution in [-0.4, -0.2) is 59.8 Å². The Hall–Kier alpha value is -1.77. The Bertz CT molecular complexity index is 830. The van der Waals surface area contributed by atoms with Gasteiger partial charge in [0.1, 0.15) is 21.3 Å². The molecule has 1 fully saturated rings. The molecule has 0 radical (unpaired) electrons. The number of anilines is 1. The Morgan fingerprint density at radius 1 is 1.29 bits per heavy atom. The summed E-state index contributed by atoms with van der Waals surface area (Å²) >= 11 is 1.39. The summed E-state index contributed by atoms with van der Waals surface area (Å²) in [4.78, 5) is 25.7. The lowest BCUT2D eigenvalue weighted by atomic mass is 10.1. The maximum absolute atomic E-state index is 12.4. The summed E-state index contributed by atoms with van der Waals surface area (Å²) in [6.07, 6.45) is 0. The number of nitrogens with one attached hydrogen (secondary N) is 1. The van der Waals surface area contributed by atoms with Gasteiger partial charge in [-0.2, -0.15) is 0 Å². The third kappa shape index (κ3) is 4.61. The highest BCUT2D eigenvalue weighted by atomic mass is 32.1. The monoisotopic (exact) mass is 406 g/mol. The van der Waals surface area contributed by atoms with Gasteiger partial charge in [0.15, 0.2) is 0 Å². The average Bonchev–Trinajstić information content (AvgIpc) is 2.99. The summed E-state index contributed by atoms with van der Waals surface area (Å²) in [5.41, 5.74) is 0.884. The summed E-state index contributed by atoms with van der Waals surface area (Å²) in [5.74, 6) is 1.74. The third-order valence-electron chi connectivity index (χ3n) is 5.13. The highest BCUT2D eigenvalue weighted by molar-refractivity contribution is 7.20. The minimum Gasteiger partial charge on any atom is -0.462 e. The topological polar surface area (TPSA) is 76.6 Å². The first-order valence-electron chi connectivity index (χ1n) is 9.94. The van der Waals surface area contributed by atoms with E-state index >= 15 is 0 Å². The first kappa shape index (κ1) is 21.0. The Labute approximate surface area is 170 Å². The van der Waals surface area contributed by atoms with Gasteiger partial charge < -0.3 is 14.8 Å². The molecule has 3 heterocycles. The van der Waals surface area contributed by atoms with Crippen LogP contribution in [0.1, 0.15) is 48.8 Å². The smallest absolute Gasteiger partial charge is 0.348 e. The number of hydrogen-bond acceptors (Lipinski definition) is 8. The molecule has 1 atom stereocenters. The Morgan fingerprint density at radius 3 is 2.64 bits per heavy atom. The summed E-state index contributed by atoms with van der Waals surface area (Å²) in [6.45, 7) is 14.5. The van der Waals surface area contributed by atoms with Gasteiger partial charge in [-0.3, -0.25) is 4.90 Å². The second-order valence-corrected chi connectivity index (χ2v) is 8.51. The van der Waals surface area contributed by atoms with E-state index in [1.807, 2.05) is 13.8 Å². The maximum atomic E-state index is 12.4. The molecule has 7 nitrogen and oxygen atoms in total. The molecule has 0 amide bonds. The zero-order chi connectivity index (χ0) is 20.3. The molecule has 154 valence electrons. The van der Waals surface area contributed by atoms with E-state index in [4.69, 9.17) is 19.4 Å². The van der Waals surface area contributed by atoms with Crippen molar-refractivity contribution in [3.8, 4) is 0 Å². The fourth-order valence-corrected chi connectivity index (χ4v) is 4.18. The van der Waals surface area contributed by atoms with Gasteiger partial charge in [-0.1, -0.05) is 13.8 Å². The number of aromatic nitrogens is 2. The van der Waals surface area contributed by atoms with Crippen molar-refractivity contribution in [1.29, 1.82) is 0 Å². The van der Waals surface area contributed by atoms with Crippen LogP contribution < -0.4 is 5.32 Å². The molecule has 1 saturated heterocycles. The van der Waals surface area contributed by atoms with Gasteiger partial charge in [0.2, 0.25) is 0 Å². The van der Waals surface area contributed by atoms with Crippen molar-refractivity contribution in [2.45, 2.75) is 47.2 Å². The number of esters is 1. The first-order chi connectivity index (χ1) is 13.4. The Morgan fingerprint density at radius 2 is 2.00 bits per heavy atom. The fraction of sp³-hybridized carbons (Fsp3) is 0.650. The highest BCUT2D eigenvalue weighted by Crippen LogP contribution is 2.35. The van der Waals surface area contributed by atoms with E-state index in [1.165, 1.54) is 11.3 Å². The normalized spacial score (nSPS) is 16.5. The molecule has 3 rings (SSSR count). The molecular formula is C20H30N4O3S. The van der Waals surface area contributed by atoms with Gasteiger partial charge in [-0.15, -0.1) is 11.3 Å². The zero-order valence-electron chi connectivity index (χ0n) is 17.4. The summed E-state index contributed by atoms with van der Waals surface area (Å²) < 4.78 is 10.7. The van der Waals surface area contributed by atoms with Crippen molar-refractivity contribution in [3.05, 3.63) is 16.3 Å². The summed E-state index contributed by atoms with van der Waals surface area (Å²) in [6, 6.07) is 0.250. The predicted octanol–water partition coefficient (Wildman–Crippen LogP) is 3.47. The Balaban J connectivity index is 2.01. The lowest BCUT2D eigenvalue weighted by molar-refractivity contribution is 0.0331. The van der Waals surface area contributed by atoms with Crippen molar-refractivity contribution in [2.75, 3.05) is 38.2 Å². The van der Waals surface area contributed by atoms with Crippen LogP contribution >= 0.6 is 11.3 Å². The molecule has 1 N–H and O–H groups in total. The molecule has 1 aliphatic heterocycles. The molecule has 2 aromatic rings. The second kappa shape index (κ2) is 9.15. The quantitative estimate of drug-likeness (QED) is 0.706. The SMILES string of the molecule is CCOC(=O)c1sc2nc(CN3CCOCC3)nc(N[C@H](C)C(C)C)c2c1C. The minimum atomic E-state index is -0.291. The number of carbonyl (C=O) groups is 1. The van der Waals surface area contributed by atoms with E-state index in [9.17, 15) is 4.79 Å². The van der Waals surface area contributed by atoms with E-state index in [1.54, 1.807) is 0 Å². The van der Waals surface area contributed by atoms with E-state index in [-0.39, 0.29) is 12.0 Å². The molecule has 0 aromatic carbocycles. The molecule has 1 aliphatic rings. The van der Waals surface area contributed by atoms with Crippen molar-refractivity contribution in [3.63, 3.8) is 0 Å². The lowest BCUT2D eigenvalue weighted by Gasteiger charge is -2.26. The molecule has 0 saturated carbocycles. The third-order valence-corrected chi connectivity index (χ3v) is 6.30. The number of ether oxygens (including phenoxy) is 2. The average molecular weight is 407 g/mol. The molecule has 2 aromatic heterocycles. The maximum Gasteiger partial charge on any atom is 0.348 e. The van der Waals surface area contributed by atoms with Gasteiger partial charge >= 0.3 is 5.97 Å². The van der Waals surface area contributed by atoms with Crippen molar-refractivity contribution >= 4 is 33.3 Å². The van der Waals surface area contributed by atoms with Crippen LogP contribution in [-0.2, 0) is 16.0 Å². The number of rotatable bonds is 7. The van der Waals surface area contributed by atoms with Crippen LogP contribution in [0.3, 0.4) is 0 Å². The van der Waals surface area contributed by atoms with Crippen molar-refractivity contribution in [1.82, 2.24) is 14.9 Å². The van der Waals surface area contributed by atoms with E-state index in [2.05, 4.69) is 31.0 Å². The lowest BCUT2D eigenvalue weighted by Crippen LogP contribution is -2.36. The van der Waals surface area contributed by atoms with Gasteiger partial charge in [0.05, 0.1) is 31.8 Å². The molecular weight excluding hydrogens is 376 g/mol. The van der Waals surface area contributed by atoms with Crippen LogP contribution in [0.2, 0.25) is 0 Å². The number of carbonyl (C=O) groups excluding carboxylic acids is 1. The van der Waals surface area contributed by atoms with Crippen molar-refractivity contribution < 1.29 is 14.3 Å². The predicted molar refractivity (Wildman–Crippen MR) is 112 cm³/mol. The van der Waals surface area contributed by atoms with E-state index in [0.717, 1.165) is 53.7 Å². The molecule has 0 unspecified atom stereocenters. The largest absolute Gasteiger partial charge is 0.462 e.